The molecule has 0 aliphatic rings. The summed E-state index contributed by atoms with van der Waals surface area (Å²) in [6.45, 7) is 3.86. The number of rotatable bonds is 5. The number of nitrogens with zero attached hydrogens (tertiary/aromatic N) is 2. The fraction of sp³-hybridized carbons (Fsp3) is 0.600. The van der Waals surface area contributed by atoms with E-state index in [1.807, 2.05) is 19.0 Å². The summed E-state index contributed by atoms with van der Waals surface area (Å²) in [5.74, 6) is 0.946. The first kappa shape index (κ1) is 11.7. The van der Waals surface area contributed by atoms with Gasteiger partial charge in [0.1, 0.15) is 0 Å². The van der Waals surface area contributed by atoms with Gasteiger partial charge in [-0.25, -0.2) is 4.98 Å². The van der Waals surface area contributed by atoms with Crippen molar-refractivity contribution in [3.63, 3.8) is 0 Å². The van der Waals surface area contributed by atoms with Crippen LogP contribution in [0.25, 0.3) is 0 Å². The molecule has 5 heteroatoms. The molecule has 1 unspecified atom stereocenters. The molecular formula is C10H18N4O. The van der Waals surface area contributed by atoms with Crippen LogP contribution in [0.3, 0.4) is 0 Å². The van der Waals surface area contributed by atoms with Gasteiger partial charge in [0, 0.05) is 26.0 Å². The van der Waals surface area contributed by atoms with E-state index < -0.39 is 0 Å². The fourth-order valence-electron chi connectivity index (χ4n) is 1.58. The number of hydrogen-bond acceptors (Lipinski definition) is 4. The number of nitrogens with one attached hydrogen (secondary N) is 2. The standard InChI is InChI=1S/C10H18N4O/c1-8(6-11-2)7-14(3)9-10(15)13-5-4-12-9/h4-5,8,11H,6-7H2,1-3H3,(H,13,15). The molecule has 15 heavy (non-hydrogen) atoms. The maximum Gasteiger partial charge on any atom is 0.290 e. The van der Waals surface area contributed by atoms with Crippen LogP contribution in [0.15, 0.2) is 17.2 Å². The highest BCUT2D eigenvalue weighted by atomic mass is 16.1. The van der Waals surface area contributed by atoms with Crippen molar-refractivity contribution in [3.05, 3.63) is 22.7 Å². The van der Waals surface area contributed by atoms with Crippen molar-refractivity contribution in [3.8, 4) is 0 Å². The number of aromatic amines is 1. The van der Waals surface area contributed by atoms with Crippen molar-refractivity contribution in [1.29, 1.82) is 0 Å². The van der Waals surface area contributed by atoms with Gasteiger partial charge in [0.25, 0.3) is 5.56 Å². The molecule has 1 aromatic heterocycles. The van der Waals surface area contributed by atoms with Gasteiger partial charge in [-0.3, -0.25) is 4.79 Å². The van der Waals surface area contributed by atoms with Crippen molar-refractivity contribution in [2.45, 2.75) is 6.92 Å². The van der Waals surface area contributed by atoms with E-state index in [1.54, 1.807) is 6.20 Å². The summed E-state index contributed by atoms with van der Waals surface area (Å²) in [5, 5.41) is 3.11. The molecule has 1 atom stereocenters. The zero-order chi connectivity index (χ0) is 11.3. The second-order valence-electron chi connectivity index (χ2n) is 3.79. The first-order valence-corrected chi connectivity index (χ1v) is 5.04. The second-order valence-corrected chi connectivity index (χ2v) is 3.79. The third-order valence-electron chi connectivity index (χ3n) is 2.19. The van der Waals surface area contributed by atoms with Gasteiger partial charge in [-0.1, -0.05) is 6.92 Å². The smallest absolute Gasteiger partial charge is 0.290 e. The Kier molecular flexibility index (Phi) is 4.30. The minimum Gasteiger partial charge on any atom is -0.355 e. The Morgan fingerprint density at radius 1 is 1.67 bits per heavy atom. The van der Waals surface area contributed by atoms with Crippen LogP contribution in [0.1, 0.15) is 6.92 Å². The van der Waals surface area contributed by atoms with Gasteiger partial charge in [-0.2, -0.15) is 0 Å². The Balaban J connectivity index is 2.65. The molecule has 0 spiro atoms. The first-order valence-electron chi connectivity index (χ1n) is 5.04. The van der Waals surface area contributed by atoms with Crippen LogP contribution in [0, 0.1) is 5.92 Å². The van der Waals surface area contributed by atoms with E-state index in [1.165, 1.54) is 6.20 Å². The van der Waals surface area contributed by atoms with E-state index in [0.29, 0.717) is 11.7 Å². The van der Waals surface area contributed by atoms with Gasteiger partial charge < -0.3 is 15.2 Å². The van der Waals surface area contributed by atoms with E-state index in [-0.39, 0.29) is 5.56 Å². The molecule has 0 aliphatic heterocycles. The lowest BCUT2D eigenvalue weighted by atomic mass is 10.2. The molecule has 1 aromatic rings. The van der Waals surface area contributed by atoms with Crippen LogP contribution in [0.5, 0.6) is 0 Å². The Labute approximate surface area is 89.5 Å². The summed E-state index contributed by atoms with van der Waals surface area (Å²) in [6.07, 6.45) is 3.13. The number of H-pyrrole nitrogens is 1. The zero-order valence-corrected chi connectivity index (χ0v) is 9.45. The van der Waals surface area contributed by atoms with Crippen LogP contribution in [0.4, 0.5) is 5.82 Å². The van der Waals surface area contributed by atoms with Crippen molar-refractivity contribution in [2.24, 2.45) is 5.92 Å². The zero-order valence-electron chi connectivity index (χ0n) is 9.45. The van der Waals surface area contributed by atoms with Crippen LogP contribution in [0.2, 0.25) is 0 Å². The summed E-state index contributed by atoms with van der Waals surface area (Å²) in [6, 6.07) is 0. The molecular weight excluding hydrogens is 192 g/mol. The number of anilines is 1. The molecule has 0 aliphatic carbocycles. The predicted molar refractivity (Wildman–Crippen MR) is 61.2 cm³/mol. The van der Waals surface area contributed by atoms with E-state index in [4.69, 9.17) is 0 Å². The van der Waals surface area contributed by atoms with Gasteiger partial charge >= 0.3 is 0 Å². The van der Waals surface area contributed by atoms with Gasteiger partial charge in [0.15, 0.2) is 5.82 Å². The highest BCUT2D eigenvalue weighted by molar-refractivity contribution is 5.33. The second kappa shape index (κ2) is 5.50. The summed E-state index contributed by atoms with van der Waals surface area (Å²) >= 11 is 0. The van der Waals surface area contributed by atoms with Gasteiger partial charge in [-0.05, 0) is 19.5 Å². The molecule has 1 heterocycles. The molecule has 1 rings (SSSR count). The summed E-state index contributed by atoms with van der Waals surface area (Å²) in [7, 11) is 3.80. The quantitative estimate of drug-likeness (QED) is 0.721. The van der Waals surface area contributed by atoms with Crippen molar-refractivity contribution in [2.75, 3.05) is 32.1 Å². The lowest BCUT2D eigenvalue weighted by Gasteiger charge is -2.21. The van der Waals surface area contributed by atoms with Crippen molar-refractivity contribution < 1.29 is 0 Å². The third-order valence-corrected chi connectivity index (χ3v) is 2.19. The molecule has 84 valence electrons. The Bertz CT molecular complexity index is 349. The number of hydrogen-bond donors (Lipinski definition) is 2. The topological polar surface area (TPSA) is 61.0 Å². The minimum absolute atomic E-state index is 0.142. The molecule has 0 saturated heterocycles. The van der Waals surface area contributed by atoms with Crippen LogP contribution >= 0.6 is 0 Å². The highest BCUT2D eigenvalue weighted by Crippen LogP contribution is 2.03. The van der Waals surface area contributed by atoms with E-state index in [2.05, 4.69) is 22.2 Å². The molecule has 0 amide bonds. The largest absolute Gasteiger partial charge is 0.355 e. The van der Waals surface area contributed by atoms with Gasteiger partial charge in [0.05, 0.1) is 0 Å². The summed E-state index contributed by atoms with van der Waals surface area (Å²) in [4.78, 5) is 20.0. The Hall–Kier alpha value is -1.36. The molecule has 0 aromatic carbocycles. The highest BCUT2D eigenvalue weighted by Gasteiger charge is 2.10. The molecule has 0 saturated carbocycles. The average molecular weight is 210 g/mol. The van der Waals surface area contributed by atoms with Gasteiger partial charge in [0.2, 0.25) is 0 Å². The fourth-order valence-corrected chi connectivity index (χ4v) is 1.58. The van der Waals surface area contributed by atoms with E-state index in [9.17, 15) is 4.79 Å². The van der Waals surface area contributed by atoms with E-state index in [0.717, 1.165) is 13.1 Å². The lowest BCUT2D eigenvalue weighted by molar-refractivity contribution is 0.540. The maximum absolute atomic E-state index is 11.4. The predicted octanol–water partition coefficient (Wildman–Crippen LogP) is 0.0616. The molecule has 0 radical (unpaired) electrons. The van der Waals surface area contributed by atoms with Crippen LogP contribution in [-0.2, 0) is 0 Å². The molecule has 2 N–H and O–H groups in total. The molecule has 0 bridgehead atoms. The first-order chi connectivity index (χ1) is 7.15. The minimum atomic E-state index is -0.142. The van der Waals surface area contributed by atoms with E-state index >= 15 is 0 Å². The number of aromatic nitrogens is 2. The lowest BCUT2D eigenvalue weighted by Crippen LogP contribution is -2.33. The van der Waals surface area contributed by atoms with Crippen molar-refractivity contribution >= 4 is 5.82 Å². The van der Waals surface area contributed by atoms with Gasteiger partial charge in [-0.15, -0.1) is 0 Å². The summed E-state index contributed by atoms with van der Waals surface area (Å²) < 4.78 is 0. The SMILES string of the molecule is CNCC(C)CN(C)c1ncc[nH]c1=O. The summed E-state index contributed by atoms with van der Waals surface area (Å²) in [5.41, 5.74) is -0.142. The Morgan fingerprint density at radius 2 is 2.40 bits per heavy atom. The van der Waals surface area contributed by atoms with Crippen LogP contribution in [-0.4, -0.2) is 37.2 Å². The Morgan fingerprint density at radius 3 is 3.00 bits per heavy atom. The third kappa shape index (κ3) is 3.36. The maximum atomic E-state index is 11.4. The monoisotopic (exact) mass is 210 g/mol. The van der Waals surface area contributed by atoms with Crippen LogP contribution < -0.4 is 15.8 Å². The normalized spacial score (nSPS) is 12.5. The molecule has 5 nitrogen and oxygen atoms in total. The van der Waals surface area contributed by atoms with Crippen molar-refractivity contribution in [1.82, 2.24) is 15.3 Å². The average Bonchev–Trinajstić information content (AvgIpc) is 2.18. The molecule has 0 fully saturated rings.